The van der Waals surface area contributed by atoms with Crippen molar-refractivity contribution in [3.63, 3.8) is 0 Å². The SMILES string of the molecule is CCCCCCC/C=C\C/C=C\CCCCCCCCCCCCCCCCCCCCCCCCCCCCCC(=O)NC(COC1OC(CO)C(OC2OC(CO)C(O)C(O)C2O)C(O)C1O)C(O)CCCCCCCCCCCCCCCCCCCCCCCCCCCC. The average Bonchev–Trinajstić information content (AvgIpc) is 0.794. The molecule has 14 heteroatoms. The summed E-state index contributed by atoms with van der Waals surface area (Å²) in [4.78, 5) is 13.4. The summed E-state index contributed by atoms with van der Waals surface area (Å²) in [6.07, 6.45) is 73.9. The second-order valence-corrected chi connectivity index (χ2v) is 30.7. The highest BCUT2D eigenvalue weighted by Crippen LogP contribution is 2.31. The maximum atomic E-state index is 13.4. The zero-order valence-electron chi connectivity index (χ0n) is 64.5. The summed E-state index contributed by atoms with van der Waals surface area (Å²) >= 11 is 0. The Labute approximate surface area is 609 Å². The number of hydrogen-bond donors (Lipinski definition) is 9. The van der Waals surface area contributed by atoms with Crippen LogP contribution in [0.2, 0.25) is 0 Å². The molecular weight excluding hydrogens is 1240 g/mol. The van der Waals surface area contributed by atoms with E-state index in [1.54, 1.807) is 0 Å². The van der Waals surface area contributed by atoms with Gasteiger partial charge in [0.2, 0.25) is 5.91 Å². The van der Waals surface area contributed by atoms with E-state index >= 15 is 0 Å². The zero-order valence-corrected chi connectivity index (χ0v) is 64.5. The van der Waals surface area contributed by atoms with E-state index in [9.17, 15) is 45.6 Å². The van der Waals surface area contributed by atoms with Gasteiger partial charge >= 0.3 is 0 Å². The Bertz CT molecular complexity index is 1760. The number of nitrogens with one attached hydrogen (secondary N) is 1. The van der Waals surface area contributed by atoms with Gasteiger partial charge in [-0.05, 0) is 44.9 Å². The fraction of sp³-hybridized carbons (Fsp3) is 0.941. The molecule has 2 aliphatic heterocycles. The number of allylic oxidation sites excluding steroid dienone is 4. The van der Waals surface area contributed by atoms with Crippen LogP contribution in [0.1, 0.15) is 418 Å². The molecular formula is C85H163NO13. The van der Waals surface area contributed by atoms with Crippen LogP contribution in [0, 0.1) is 0 Å². The summed E-state index contributed by atoms with van der Waals surface area (Å²) in [5.41, 5.74) is 0. The molecule has 0 aromatic rings. The van der Waals surface area contributed by atoms with Gasteiger partial charge in [0.05, 0.1) is 32.0 Å². The molecule has 0 aromatic heterocycles. The first-order chi connectivity index (χ1) is 48.6. The third kappa shape index (κ3) is 52.2. The van der Waals surface area contributed by atoms with Crippen molar-refractivity contribution < 1.29 is 64.6 Å². The van der Waals surface area contributed by atoms with Gasteiger partial charge in [-0.3, -0.25) is 4.79 Å². The number of aliphatic hydroxyl groups excluding tert-OH is 8. The van der Waals surface area contributed by atoms with Gasteiger partial charge in [-0.1, -0.05) is 391 Å². The highest BCUT2D eigenvalue weighted by molar-refractivity contribution is 5.76. The zero-order chi connectivity index (χ0) is 71.5. The van der Waals surface area contributed by atoms with E-state index in [4.69, 9.17) is 18.9 Å². The number of amides is 1. The molecule has 12 atom stereocenters. The number of rotatable bonds is 74. The van der Waals surface area contributed by atoms with Gasteiger partial charge < -0.3 is 65.1 Å². The molecule has 9 N–H and O–H groups in total. The van der Waals surface area contributed by atoms with E-state index in [1.165, 1.54) is 334 Å². The van der Waals surface area contributed by atoms with Crippen molar-refractivity contribution in [1.29, 1.82) is 0 Å². The molecule has 2 fully saturated rings. The molecule has 0 aliphatic carbocycles. The molecule has 1 amide bonds. The van der Waals surface area contributed by atoms with Crippen LogP contribution in [0.25, 0.3) is 0 Å². The summed E-state index contributed by atoms with van der Waals surface area (Å²) in [6.45, 7) is 2.93. The van der Waals surface area contributed by atoms with Crippen molar-refractivity contribution in [2.75, 3.05) is 19.8 Å². The first-order valence-electron chi connectivity index (χ1n) is 43.1. The highest BCUT2D eigenvalue weighted by Gasteiger charge is 2.51. The number of carbonyl (C=O) groups is 1. The van der Waals surface area contributed by atoms with Crippen molar-refractivity contribution >= 4 is 5.91 Å². The predicted molar refractivity (Wildman–Crippen MR) is 411 cm³/mol. The van der Waals surface area contributed by atoms with Gasteiger partial charge in [-0.2, -0.15) is 0 Å². The Morgan fingerprint density at radius 3 is 1.01 bits per heavy atom. The maximum Gasteiger partial charge on any atom is 0.220 e. The fourth-order valence-corrected chi connectivity index (χ4v) is 14.6. The first kappa shape index (κ1) is 93.6. The molecule has 0 spiro atoms. The van der Waals surface area contributed by atoms with Crippen LogP contribution in [0.3, 0.4) is 0 Å². The maximum absolute atomic E-state index is 13.4. The van der Waals surface area contributed by atoms with Gasteiger partial charge in [0.25, 0.3) is 0 Å². The highest BCUT2D eigenvalue weighted by atomic mass is 16.7. The van der Waals surface area contributed by atoms with Crippen molar-refractivity contribution in [1.82, 2.24) is 5.32 Å². The Hall–Kier alpha value is -1.53. The lowest BCUT2D eigenvalue weighted by atomic mass is 9.97. The van der Waals surface area contributed by atoms with Crippen LogP contribution in [0.4, 0.5) is 0 Å². The largest absolute Gasteiger partial charge is 0.394 e. The third-order valence-corrected chi connectivity index (χ3v) is 21.4. The molecule has 0 aromatic carbocycles. The molecule has 2 heterocycles. The predicted octanol–water partition coefficient (Wildman–Crippen LogP) is 20.2. The molecule has 2 saturated heterocycles. The summed E-state index contributed by atoms with van der Waals surface area (Å²) in [5, 5.41) is 88.0. The standard InChI is InChI=1S/C85H163NO13/c1-3-5-7-9-11-13-15-17-19-21-23-25-27-29-31-32-33-34-35-36-37-38-39-40-41-42-43-45-47-49-51-53-55-57-59-61-63-65-67-69-77(90)86-73(72-96-84-82(95)80(93)83(76(71-88)98-84)99-85-81(94)79(92)78(91)75(70-87)97-85)74(89)68-66-64-62-60-58-56-54-52-50-48-46-44-30-28-26-24-22-20-18-16-14-12-10-8-6-4-2/h15,17,21,23,73-76,78-85,87-89,91-95H,3-14,16,18-20,22,24-72H2,1-2H3,(H,86,90)/b17-15-,23-21-. The number of aliphatic hydroxyl groups is 8. The topological polar surface area (TPSA) is 228 Å². The van der Waals surface area contributed by atoms with Crippen LogP contribution < -0.4 is 5.32 Å². The molecule has 0 bridgehead atoms. The van der Waals surface area contributed by atoms with E-state index < -0.39 is 86.8 Å². The quantitative estimate of drug-likeness (QED) is 0.0204. The fourth-order valence-electron chi connectivity index (χ4n) is 14.6. The number of ether oxygens (including phenoxy) is 4. The Morgan fingerprint density at radius 1 is 0.364 bits per heavy atom. The van der Waals surface area contributed by atoms with E-state index in [0.29, 0.717) is 12.8 Å². The van der Waals surface area contributed by atoms with Gasteiger partial charge in [-0.15, -0.1) is 0 Å². The minimum atomic E-state index is -1.78. The van der Waals surface area contributed by atoms with Crippen LogP contribution >= 0.6 is 0 Å². The lowest BCUT2D eigenvalue weighted by Crippen LogP contribution is -2.65. The molecule has 14 nitrogen and oxygen atoms in total. The minimum Gasteiger partial charge on any atom is -0.394 e. The van der Waals surface area contributed by atoms with Gasteiger partial charge in [0.15, 0.2) is 12.6 Å². The number of hydrogen-bond acceptors (Lipinski definition) is 13. The van der Waals surface area contributed by atoms with Crippen LogP contribution in [-0.2, 0) is 23.7 Å². The Morgan fingerprint density at radius 2 is 0.667 bits per heavy atom. The second kappa shape index (κ2) is 69.5. The minimum absolute atomic E-state index is 0.196. The monoisotopic (exact) mass is 1410 g/mol. The smallest absolute Gasteiger partial charge is 0.220 e. The van der Waals surface area contributed by atoms with E-state index in [0.717, 1.165) is 57.8 Å². The molecule has 2 rings (SSSR count). The lowest BCUT2D eigenvalue weighted by molar-refractivity contribution is -0.359. The van der Waals surface area contributed by atoms with Gasteiger partial charge in [-0.25, -0.2) is 0 Å². The van der Waals surface area contributed by atoms with Crippen molar-refractivity contribution in [3.8, 4) is 0 Å². The second-order valence-electron chi connectivity index (χ2n) is 30.7. The van der Waals surface area contributed by atoms with Crippen LogP contribution in [-0.4, -0.2) is 140 Å². The summed E-state index contributed by atoms with van der Waals surface area (Å²) in [7, 11) is 0. The lowest BCUT2D eigenvalue weighted by Gasteiger charge is -2.46. The van der Waals surface area contributed by atoms with E-state index in [2.05, 4.69) is 43.5 Å². The summed E-state index contributed by atoms with van der Waals surface area (Å²) in [5.74, 6) is -0.196. The Balaban J connectivity index is 1.55. The van der Waals surface area contributed by atoms with Crippen molar-refractivity contribution in [2.45, 2.75) is 492 Å². The summed E-state index contributed by atoms with van der Waals surface area (Å²) in [6, 6.07) is -0.828. The third-order valence-electron chi connectivity index (χ3n) is 21.4. The summed E-state index contributed by atoms with van der Waals surface area (Å²) < 4.78 is 23.0. The molecule has 0 saturated carbocycles. The van der Waals surface area contributed by atoms with Crippen LogP contribution in [0.15, 0.2) is 24.3 Å². The molecule has 2 aliphatic rings. The Kier molecular flexibility index (Phi) is 65.7. The molecule has 99 heavy (non-hydrogen) atoms. The van der Waals surface area contributed by atoms with E-state index in [1.807, 2.05) is 0 Å². The molecule has 0 radical (unpaired) electrons. The van der Waals surface area contributed by atoms with Crippen LogP contribution in [0.5, 0.6) is 0 Å². The molecule has 12 unspecified atom stereocenters. The van der Waals surface area contributed by atoms with E-state index in [-0.39, 0.29) is 12.5 Å². The van der Waals surface area contributed by atoms with Gasteiger partial charge in [0.1, 0.15) is 48.8 Å². The average molecular weight is 1410 g/mol. The number of unbranched alkanes of at least 4 members (excludes halogenated alkanes) is 57. The van der Waals surface area contributed by atoms with Gasteiger partial charge in [0, 0.05) is 6.42 Å². The van der Waals surface area contributed by atoms with Crippen molar-refractivity contribution in [3.05, 3.63) is 24.3 Å². The van der Waals surface area contributed by atoms with Crippen molar-refractivity contribution in [2.24, 2.45) is 0 Å². The molecule has 586 valence electrons. The normalized spacial score (nSPS) is 22.0. The number of carbonyl (C=O) groups excluding carboxylic acids is 1. The first-order valence-corrected chi connectivity index (χ1v) is 43.1.